The lowest BCUT2D eigenvalue weighted by atomic mass is 10.1. The molecule has 2 heterocycles. The summed E-state index contributed by atoms with van der Waals surface area (Å²) in [6.07, 6.45) is 1.88. The number of hydrogen-bond donors (Lipinski definition) is 1. The van der Waals surface area contributed by atoms with E-state index < -0.39 is 0 Å². The van der Waals surface area contributed by atoms with Gasteiger partial charge in [-0.3, -0.25) is 0 Å². The van der Waals surface area contributed by atoms with E-state index in [1.165, 1.54) is 4.88 Å². The Morgan fingerprint density at radius 3 is 2.82 bits per heavy atom. The molecule has 1 aliphatic heterocycles. The predicted octanol–water partition coefficient (Wildman–Crippen LogP) is 3.21. The van der Waals surface area contributed by atoms with Gasteiger partial charge in [0.2, 0.25) is 0 Å². The molecule has 1 fully saturated rings. The maximum absolute atomic E-state index is 5.98. The van der Waals surface area contributed by atoms with Gasteiger partial charge in [0.05, 0.1) is 17.6 Å². The Morgan fingerprint density at radius 1 is 1.47 bits per heavy atom. The lowest BCUT2D eigenvalue weighted by molar-refractivity contribution is -0.0527. The number of thiophene rings is 1. The zero-order valence-corrected chi connectivity index (χ0v) is 11.5. The summed E-state index contributed by atoms with van der Waals surface area (Å²) in [4.78, 5) is 1.25. The highest BCUT2D eigenvalue weighted by molar-refractivity contribution is 7.16. The Bertz CT molecular complexity index is 339. The molecule has 0 bridgehead atoms. The molecule has 96 valence electrons. The van der Waals surface area contributed by atoms with E-state index in [1.807, 2.05) is 6.07 Å². The second-order valence-corrected chi connectivity index (χ2v) is 5.80. The first-order valence-corrected chi connectivity index (χ1v) is 7.21. The van der Waals surface area contributed by atoms with Crippen LogP contribution in [0.4, 0.5) is 0 Å². The Labute approximate surface area is 111 Å². The third kappa shape index (κ3) is 3.93. The van der Waals surface area contributed by atoms with Crippen LogP contribution in [0.5, 0.6) is 0 Å². The molecule has 1 saturated heterocycles. The van der Waals surface area contributed by atoms with E-state index in [9.17, 15) is 0 Å². The van der Waals surface area contributed by atoms with Crippen molar-refractivity contribution in [2.75, 3.05) is 19.8 Å². The van der Waals surface area contributed by atoms with Crippen LogP contribution < -0.4 is 5.32 Å². The monoisotopic (exact) mass is 275 g/mol. The van der Waals surface area contributed by atoms with Crippen molar-refractivity contribution in [2.24, 2.45) is 0 Å². The molecule has 0 radical (unpaired) electrons. The summed E-state index contributed by atoms with van der Waals surface area (Å²) in [6.45, 7) is 4.56. The van der Waals surface area contributed by atoms with E-state index in [0.717, 1.165) is 23.7 Å². The molecule has 3 nitrogen and oxygen atoms in total. The van der Waals surface area contributed by atoms with Crippen LogP contribution in [0.15, 0.2) is 12.1 Å². The minimum atomic E-state index is -0.0785. The van der Waals surface area contributed by atoms with Crippen LogP contribution in [0.3, 0.4) is 0 Å². The van der Waals surface area contributed by atoms with Crippen LogP contribution in [-0.4, -0.2) is 26.0 Å². The molecule has 1 aromatic heterocycles. The quantitative estimate of drug-likeness (QED) is 0.865. The van der Waals surface area contributed by atoms with Gasteiger partial charge in [-0.05, 0) is 25.1 Å². The van der Waals surface area contributed by atoms with Crippen LogP contribution in [0.1, 0.15) is 30.7 Å². The normalized spacial score (nSPS) is 18.7. The summed E-state index contributed by atoms with van der Waals surface area (Å²) < 4.78 is 11.8. The Morgan fingerprint density at radius 2 is 2.24 bits per heavy atom. The van der Waals surface area contributed by atoms with Crippen molar-refractivity contribution in [2.45, 2.75) is 32.1 Å². The summed E-state index contributed by atoms with van der Waals surface area (Å²) in [6, 6.07) is 4.30. The van der Waals surface area contributed by atoms with Crippen LogP contribution >= 0.6 is 22.9 Å². The fraction of sp³-hybridized carbons (Fsp3) is 0.667. The molecule has 0 saturated carbocycles. The number of halogens is 1. The molecule has 1 aliphatic rings. The van der Waals surface area contributed by atoms with Crippen LogP contribution in [-0.2, 0) is 9.47 Å². The van der Waals surface area contributed by atoms with E-state index in [2.05, 4.69) is 18.3 Å². The first-order valence-electron chi connectivity index (χ1n) is 6.01. The lowest BCUT2D eigenvalue weighted by Crippen LogP contribution is -2.26. The van der Waals surface area contributed by atoms with Gasteiger partial charge in [-0.15, -0.1) is 11.3 Å². The Kier molecular flexibility index (Phi) is 5.25. The fourth-order valence-corrected chi connectivity index (χ4v) is 3.02. The summed E-state index contributed by atoms with van der Waals surface area (Å²) in [5.74, 6) is 0. The molecule has 5 heteroatoms. The first kappa shape index (κ1) is 13.3. The molecular formula is C12H18ClNO2S. The van der Waals surface area contributed by atoms with Crippen molar-refractivity contribution in [3.05, 3.63) is 21.3 Å². The predicted molar refractivity (Wildman–Crippen MR) is 70.7 cm³/mol. The van der Waals surface area contributed by atoms with Gasteiger partial charge in [-0.1, -0.05) is 18.5 Å². The number of hydrogen-bond acceptors (Lipinski definition) is 4. The summed E-state index contributed by atoms with van der Waals surface area (Å²) in [5, 5.41) is 3.52. The Balaban J connectivity index is 1.96. The largest absolute Gasteiger partial charge is 0.350 e. The second-order valence-electron chi connectivity index (χ2n) is 4.06. The van der Waals surface area contributed by atoms with Gasteiger partial charge in [-0.25, -0.2) is 0 Å². The third-order valence-electron chi connectivity index (χ3n) is 2.70. The fourth-order valence-electron chi connectivity index (χ4n) is 1.87. The van der Waals surface area contributed by atoms with Gasteiger partial charge >= 0.3 is 0 Å². The zero-order chi connectivity index (χ0) is 12.1. The topological polar surface area (TPSA) is 30.5 Å². The van der Waals surface area contributed by atoms with E-state index in [4.69, 9.17) is 21.1 Å². The van der Waals surface area contributed by atoms with Gasteiger partial charge in [0.25, 0.3) is 0 Å². The summed E-state index contributed by atoms with van der Waals surface area (Å²) in [7, 11) is 0. The van der Waals surface area contributed by atoms with Gasteiger partial charge in [-0.2, -0.15) is 0 Å². The maximum Gasteiger partial charge on any atom is 0.159 e. The molecular weight excluding hydrogens is 258 g/mol. The zero-order valence-electron chi connectivity index (χ0n) is 9.95. The van der Waals surface area contributed by atoms with Crippen LogP contribution in [0.2, 0.25) is 4.34 Å². The van der Waals surface area contributed by atoms with Gasteiger partial charge in [0.15, 0.2) is 6.29 Å². The van der Waals surface area contributed by atoms with E-state index in [-0.39, 0.29) is 12.3 Å². The molecule has 0 aliphatic carbocycles. The van der Waals surface area contributed by atoms with Crippen molar-refractivity contribution in [3.63, 3.8) is 0 Å². The molecule has 1 aromatic rings. The average molecular weight is 276 g/mol. The third-order valence-corrected chi connectivity index (χ3v) is 4.04. The number of rotatable bonds is 6. The number of ether oxygens (including phenoxy) is 2. The molecule has 0 aromatic carbocycles. The van der Waals surface area contributed by atoms with Gasteiger partial charge in [0, 0.05) is 17.3 Å². The van der Waals surface area contributed by atoms with Gasteiger partial charge < -0.3 is 14.8 Å². The smallest absolute Gasteiger partial charge is 0.159 e. The molecule has 1 unspecified atom stereocenters. The SMILES string of the molecule is CCCNC(CC1OCCO1)c1ccc(Cl)s1. The van der Waals surface area contributed by atoms with Crippen LogP contribution in [0, 0.1) is 0 Å². The van der Waals surface area contributed by atoms with Gasteiger partial charge in [0.1, 0.15) is 0 Å². The van der Waals surface area contributed by atoms with E-state index >= 15 is 0 Å². The summed E-state index contributed by atoms with van der Waals surface area (Å²) >= 11 is 7.60. The minimum Gasteiger partial charge on any atom is -0.350 e. The number of nitrogens with one attached hydrogen (secondary N) is 1. The van der Waals surface area contributed by atoms with E-state index in [1.54, 1.807) is 11.3 Å². The molecule has 1 atom stereocenters. The highest BCUT2D eigenvalue weighted by Gasteiger charge is 2.23. The highest BCUT2D eigenvalue weighted by Crippen LogP contribution is 2.30. The van der Waals surface area contributed by atoms with E-state index in [0.29, 0.717) is 13.2 Å². The second kappa shape index (κ2) is 6.71. The van der Waals surface area contributed by atoms with Crippen molar-refractivity contribution < 1.29 is 9.47 Å². The van der Waals surface area contributed by atoms with Crippen LogP contribution in [0.25, 0.3) is 0 Å². The lowest BCUT2D eigenvalue weighted by Gasteiger charge is -2.20. The van der Waals surface area contributed by atoms with Crippen molar-refractivity contribution in [3.8, 4) is 0 Å². The molecule has 2 rings (SSSR count). The minimum absolute atomic E-state index is 0.0785. The first-order chi connectivity index (χ1) is 8.29. The average Bonchev–Trinajstić information content (AvgIpc) is 2.95. The van der Waals surface area contributed by atoms with Crippen molar-refractivity contribution in [1.29, 1.82) is 0 Å². The molecule has 0 amide bonds. The standard InChI is InChI=1S/C12H18ClNO2S/c1-2-5-14-9(8-12-15-6-7-16-12)10-3-4-11(13)17-10/h3-4,9,12,14H,2,5-8H2,1H3. The highest BCUT2D eigenvalue weighted by atomic mass is 35.5. The molecule has 0 spiro atoms. The molecule has 1 N–H and O–H groups in total. The molecule has 17 heavy (non-hydrogen) atoms. The maximum atomic E-state index is 5.98. The van der Waals surface area contributed by atoms with Crippen molar-refractivity contribution >= 4 is 22.9 Å². The van der Waals surface area contributed by atoms with Crippen molar-refractivity contribution in [1.82, 2.24) is 5.32 Å². The Hall–Kier alpha value is -0.130. The summed E-state index contributed by atoms with van der Waals surface area (Å²) in [5.41, 5.74) is 0.